The van der Waals surface area contributed by atoms with Crippen molar-refractivity contribution in [3.05, 3.63) is 24.3 Å². The highest BCUT2D eigenvalue weighted by molar-refractivity contribution is 5.68. The number of hydrogen-bond donors (Lipinski definition) is 1. The summed E-state index contributed by atoms with van der Waals surface area (Å²) in [6, 6.07) is 7.48. The summed E-state index contributed by atoms with van der Waals surface area (Å²) in [6.07, 6.45) is 5.36. The van der Waals surface area contributed by atoms with Gasteiger partial charge in [0.15, 0.2) is 0 Å². The monoisotopic (exact) mass is 247 g/mol. The first-order valence-electron chi connectivity index (χ1n) is 5.81. The van der Waals surface area contributed by atoms with Crippen molar-refractivity contribution in [3.8, 4) is 18.1 Å². The van der Waals surface area contributed by atoms with Crippen LogP contribution in [0.3, 0.4) is 0 Å². The van der Waals surface area contributed by atoms with Crippen LogP contribution in [0.4, 0.5) is 5.69 Å². The van der Waals surface area contributed by atoms with Crippen LogP contribution in [0.2, 0.25) is 0 Å². The largest absolute Gasteiger partial charge is 0.492 e. The molecule has 0 bridgehead atoms. The molecule has 0 saturated heterocycles. The molecular formula is C14H17NO3. The molecule has 1 rings (SSSR count). The predicted octanol–water partition coefficient (Wildman–Crippen LogP) is 2.00. The molecule has 0 saturated carbocycles. The number of terminal acetylenes is 1. The van der Waals surface area contributed by atoms with Crippen molar-refractivity contribution in [2.45, 2.75) is 13.3 Å². The van der Waals surface area contributed by atoms with Gasteiger partial charge >= 0.3 is 5.97 Å². The van der Waals surface area contributed by atoms with E-state index in [0.717, 1.165) is 11.4 Å². The molecule has 0 amide bonds. The third-order valence-electron chi connectivity index (χ3n) is 2.38. The third kappa shape index (κ3) is 4.02. The van der Waals surface area contributed by atoms with E-state index in [-0.39, 0.29) is 6.42 Å². The van der Waals surface area contributed by atoms with Crippen LogP contribution in [0.25, 0.3) is 0 Å². The Bertz CT molecular complexity index is 437. The number of carboxylic acid groups (broad SMARTS) is 1. The Morgan fingerprint density at radius 2 is 2.22 bits per heavy atom. The Labute approximate surface area is 107 Å². The molecule has 0 aromatic heterocycles. The zero-order valence-electron chi connectivity index (χ0n) is 10.4. The van der Waals surface area contributed by atoms with Crippen LogP contribution < -0.4 is 9.64 Å². The van der Waals surface area contributed by atoms with Gasteiger partial charge in [0.05, 0.1) is 25.3 Å². The lowest BCUT2D eigenvalue weighted by atomic mass is 10.2. The number of rotatable bonds is 7. The van der Waals surface area contributed by atoms with E-state index in [2.05, 4.69) is 5.92 Å². The summed E-state index contributed by atoms with van der Waals surface area (Å²) in [5.74, 6) is 2.42. The second-order valence-electron chi connectivity index (χ2n) is 3.67. The zero-order valence-corrected chi connectivity index (χ0v) is 10.4. The lowest BCUT2D eigenvalue weighted by molar-refractivity contribution is -0.136. The van der Waals surface area contributed by atoms with Crippen molar-refractivity contribution in [3.63, 3.8) is 0 Å². The SMILES string of the molecule is C#CCN(CCC(=O)O)c1ccccc1OCC. The van der Waals surface area contributed by atoms with E-state index in [1.807, 2.05) is 36.1 Å². The number of carboxylic acids is 1. The van der Waals surface area contributed by atoms with E-state index < -0.39 is 5.97 Å². The Hall–Kier alpha value is -2.15. The molecule has 4 heteroatoms. The van der Waals surface area contributed by atoms with Gasteiger partial charge in [0, 0.05) is 6.54 Å². The van der Waals surface area contributed by atoms with Gasteiger partial charge in [-0.3, -0.25) is 4.79 Å². The van der Waals surface area contributed by atoms with Crippen LogP contribution in [-0.2, 0) is 4.79 Å². The number of aliphatic carboxylic acids is 1. The van der Waals surface area contributed by atoms with Crippen molar-refractivity contribution >= 4 is 11.7 Å². The van der Waals surface area contributed by atoms with Crippen LogP contribution in [-0.4, -0.2) is 30.8 Å². The minimum atomic E-state index is -0.842. The third-order valence-corrected chi connectivity index (χ3v) is 2.38. The molecule has 1 aromatic rings. The fourth-order valence-corrected chi connectivity index (χ4v) is 1.62. The first-order chi connectivity index (χ1) is 8.69. The number of benzene rings is 1. The lowest BCUT2D eigenvalue weighted by Crippen LogP contribution is -2.27. The molecule has 0 aliphatic rings. The Morgan fingerprint density at radius 3 is 2.83 bits per heavy atom. The van der Waals surface area contributed by atoms with Crippen LogP contribution in [0.5, 0.6) is 5.75 Å². The average molecular weight is 247 g/mol. The van der Waals surface area contributed by atoms with Crippen molar-refractivity contribution in [1.82, 2.24) is 0 Å². The highest BCUT2D eigenvalue weighted by Crippen LogP contribution is 2.27. The zero-order chi connectivity index (χ0) is 13.4. The Kier molecular flexibility index (Phi) is 5.59. The van der Waals surface area contributed by atoms with Crippen molar-refractivity contribution in [1.29, 1.82) is 0 Å². The highest BCUT2D eigenvalue weighted by atomic mass is 16.5. The van der Waals surface area contributed by atoms with Crippen molar-refractivity contribution < 1.29 is 14.6 Å². The summed E-state index contributed by atoms with van der Waals surface area (Å²) < 4.78 is 5.51. The van der Waals surface area contributed by atoms with Gasteiger partial charge in [-0.2, -0.15) is 0 Å². The Morgan fingerprint density at radius 1 is 1.50 bits per heavy atom. The van der Waals surface area contributed by atoms with Crippen LogP contribution >= 0.6 is 0 Å². The number of anilines is 1. The summed E-state index contributed by atoms with van der Waals surface area (Å²) in [4.78, 5) is 12.5. The number of ether oxygens (including phenoxy) is 1. The average Bonchev–Trinajstić information content (AvgIpc) is 2.35. The molecule has 18 heavy (non-hydrogen) atoms. The molecule has 0 radical (unpaired) electrons. The van der Waals surface area contributed by atoms with E-state index in [0.29, 0.717) is 19.7 Å². The van der Waals surface area contributed by atoms with Gasteiger partial charge in [-0.25, -0.2) is 0 Å². The van der Waals surface area contributed by atoms with E-state index in [1.54, 1.807) is 0 Å². The number of nitrogens with zero attached hydrogens (tertiary/aromatic N) is 1. The molecule has 96 valence electrons. The Balaban J connectivity index is 2.90. The molecule has 0 unspecified atom stereocenters. The standard InChI is InChI=1S/C14H17NO3/c1-3-10-15(11-9-14(16)17)12-7-5-6-8-13(12)18-4-2/h1,5-8H,4,9-11H2,2H3,(H,16,17). The van der Waals surface area contributed by atoms with Gasteiger partial charge in [-0.1, -0.05) is 18.1 Å². The molecule has 0 spiro atoms. The summed E-state index contributed by atoms with van der Waals surface area (Å²) in [7, 11) is 0. The van der Waals surface area contributed by atoms with E-state index in [9.17, 15) is 4.79 Å². The first-order valence-corrected chi connectivity index (χ1v) is 5.81. The van der Waals surface area contributed by atoms with Gasteiger partial charge < -0.3 is 14.7 Å². The van der Waals surface area contributed by atoms with E-state index in [4.69, 9.17) is 16.3 Å². The number of hydrogen-bond acceptors (Lipinski definition) is 3. The van der Waals surface area contributed by atoms with E-state index >= 15 is 0 Å². The maximum absolute atomic E-state index is 10.6. The van der Waals surface area contributed by atoms with Gasteiger partial charge in [0.2, 0.25) is 0 Å². The fraction of sp³-hybridized carbons (Fsp3) is 0.357. The van der Waals surface area contributed by atoms with E-state index in [1.165, 1.54) is 0 Å². The second kappa shape index (κ2) is 7.23. The minimum absolute atomic E-state index is 0.0438. The van der Waals surface area contributed by atoms with Gasteiger partial charge in [0.1, 0.15) is 5.75 Å². The fourth-order valence-electron chi connectivity index (χ4n) is 1.62. The molecule has 0 heterocycles. The van der Waals surface area contributed by atoms with Crippen LogP contribution in [0, 0.1) is 12.3 Å². The summed E-state index contributed by atoms with van der Waals surface area (Å²) in [6.45, 7) is 3.18. The molecule has 1 N–H and O–H groups in total. The smallest absolute Gasteiger partial charge is 0.305 e. The topological polar surface area (TPSA) is 49.8 Å². The highest BCUT2D eigenvalue weighted by Gasteiger charge is 2.12. The van der Waals surface area contributed by atoms with Gasteiger partial charge in [0.25, 0.3) is 0 Å². The van der Waals surface area contributed by atoms with Gasteiger partial charge in [-0.15, -0.1) is 6.42 Å². The molecule has 0 fully saturated rings. The second-order valence-corrected chi connectivity index (χ2v) is 3.67. The molecule has 1 aromatic carbocycles. The van der Waals surface area contributed by atoms with Gasteiger partial charge in [-0.05, 0) is 19.1 Å². The summed E-state index contributed by atoms with van der Waals surface area (Å²) in [5.41, 5.74) is 0.832. The normalized spacial score (nSPS) is 9.56. The number of para-hydroxylation sites is 2. The molecule has 4 nitrogen and oxygen atoms in total. The van der Waals surface area contributed by atoms with Crippen LogP contribution in [0.15, 0.2) is 24.3 Å². The first kappa shape index (κ1) is 13.9. The predicted molar refractivity (Wildman–Crippen MR) is 70.9 cm³/mol. The lowest BCUT2D eigenvalue weighted by Gasteiger charge is -2.24. The van der Waals surface area contributed by atoms with Crippen LogP contribution in [0.1, 0.15) is 13.3 Å². The van der Waals surface area contributed by atoms with Crippen molar-refractivity contribution in [2.75, 3.05) is 24.6 Å². The summed E-state index contributed by atoms with van der Waals surface area (Å²) >= 11 is 0. The van der Waals surface area contributed by atoms with Crippen molar-refractivity contribution in [2.24, 2.45) is 0 Å². The maximum atomic E-state index is 10.6. The molecule has 0 aliphatic heterocycles. The molecule has 0 aliphatic carbocycles. The summed E-state index contributed by atoms with van der Waals surface area (Å²) in [5, 5.41) is 8.74. The molecular weight excluding hydrogens is 230 g/mol. The minimum Gasteiger partial charge on any atom is -0.492 e. The molecule has 0 atom stereocenters. The maximum Gasteiger partial charge on any atom is 0.305 e. The quantitative estimate of drug-likeness (QED) is 0.749. The number of carbonyl (C=O) groups is 1.